The van der Waals surface area contributed by atoms with E-state index in [2.05, 4.69) is 15.3 Å². The van der Waals surface area contributed by atoms with E-state index in [-0.39, 0.29) is 0 Å². The molecule has 0 radical (unpaired) electrons. The van der Waals surface area contributed by atoms with Crippen LogP contribution in [0.4, 0.5) is 0 Å². The van der Waals surface area contributed by atoms with Crippen LogP contribution in [0.2, 0.25) is 0 Å². The van der Waals surface area contributed by atoms with E-state index in [1.165, 1.54) is 5.56 Å². The molecule has 0 aliphatic rings. The summed E-state index contributed by atoms with van der Waals surface area (Å²) >= 11 is 0. The van der Waals surface area contributed by atoms with Crippen LogP contribution >= 0.6 is 0 Å². The molecule has 0 bridgehead atoms. The number of rotatable bonds is 2. The molecule has 1 aromatic carbocycles. The SMILES string of the molecule is Cc1ccccc1/C=N/n1cnnc1. The van der Waals surface area contributed by atoms with E-state index in [1.54, 1.807) is 23.5 Å². The summed E-state index contributed by atoms with van der Waals surface area (Å²) in [5.41, 5.74) is 2.30. The van der Waals surface area contributed by atoms with Gasteiger partial charge in [-0.1, -0.05) is 24.3 Å². The van der Waals surface area contributed by atoms with Crippen molar-refractivity contribution in [3.63, 3.8) is 0 Å². The zero-order valence-electron chi connectivity index (χ0n) is 7.83. The highest BCUT2D eigenvalue weighted by Gasteiger charge is 1.91. The lowest BCUT2D eigenvalue weighted by atomic mass is 10.1. The molecule has 4 heteroatoms. The predicted octanol–water partition coefficient (Wildman–Crippen LogP) is 1.47. The minimum atomic E-state index is 1.10. The maximum absolute atomic E-state index is 4.16. The Hall–Kier alpha value is -1.97. The molecule has 1 aromatic heterocycles. The molecule has 0 N–H and O–H groups in total. The average molecular weight is 186 g/mol. The fourth-order valence-corrected chi connectivity index (χ4v) is 1.12. The van der Waals surface area contributed by atoms with Crippen molar-refractivity contribution in [2.24, 2.45) is 5.10 Å². The van der Waals surface area contributed by atoms with Crippen LogP contribution in [0.15, 0.2) is 42.0 Å². The number of aryl methyl sites for hydroxylation is 1. The highest BCUT2D eigenvalue weighted by atomic mass is 15.4. The molecule has 70 valence electrons. The van der Waals surface area contributed by atoms with E-state index in [9.17, 15) is 0 Å². The Morgan fingerprint density at radius 3 is 2.64 bits per heavy atom. The molecule has 2 rings (SSSR count). The first-order chi connectivity index (χ1) is 6.86. The Morgan fingerprint density at radius 2 is 1.93 bits per heavy atom. The zero-order valence-corrected chi connectivity index (χ0v) is 7.83. The van der Waals surface area contributed by atoms with Gasteiger partial charge in [0.15, 0.2) is 0 Å². The van der Waals surface area contributed by atoms with Crippen LogP contribution < -0.4 is 0 Å². The van der Waals surface area contributed by atoms with Gasteiger partial charge in [0.2, 0.25) is 0 Å². The molecule has 4 nitrogen and oxygen atoms in total. The lowest BCUT2D eigenvalue weighted by molar-refractivity contribution is 0.878. The van der Waals surface area contributed by atoms with E-state index in [0.717, 1.165) is 5.56 Å². The van der Waals surface area contributed by atoms with Crippen molar-refractivity contribution in [1.82, 2.24) is 14.9 Å². The second-order valence-electron chi connectivity index (χ2n) is 2.94. The Bertz CT molecular complexity index is 431. The molecule has 14 heavy (non-hydrogen) atoms. The summed E-state index contributed by atoms with van der Waals surface area (Å²) in [5, 5.41) is 11.5. The van der Waals surface area contributed by atoms with Gasteiger partial charge in [0.1, 0.15) is 12.7 Å². The van der Waals surface area contributed by atoms with Crippen LogP contribution in [-0.2, 0) is 0 Å². The summed E-state index contributed by atoms with van der Waals surface area (Å²) in [6.45, 7) is 2.05. The summed E-state index contributed by atoms with van der Waals surface area (Å²) < 4.78 is 1.56. The number of nitrogens with zero attached hydrogens (tertiary/aromatic N) is 4. The van der Waals surface area contributed by atoms with Gasteiger partial charge in [-0.2, -0.15) is 5.10 Å². The highest BCUT2D eigenvalue weighted by Crippen LogP contribution is 2.03. The minimum absolute atomic E-state index is 1.10. The van der Waals surface area contributed by atoms with E-state index < -0.39 is 0 Å². The van der Waals surface area contributed by atoms with Crippen molar-refractivity contribution >= 4 is 6.21 Å². The lowest BCUT2D eigenvalue weighted by Gasteiger charge is -1.97. The predicted molar refractivity (Wildman–Crippen MR) is 54.2 cm³/mol. The molecular formula is C10H10N4. The van der Waals surface area contributed by atoms with Crippen LogP contribution in [0.3, 0.4) is 0 Å². The van der Waals surface area contributed by atoms with E-state index in [0.29, 0.717) is 0 Å². The first-order valence-corrected chi connectivity index (χ1v) is 4.31. The zero-order chi connectivity index (χ0) is 9.80. The number of aromatic nitrogens is 3. The van der Waals surface area contributed by atoms with Crippen LogP contribution in [0.5, 0.6) is 0 Å². The van der Waals surface area contributed by atoms with Crippen molar-refractivity contribution in [1.29, 1.82) is 0 Å². The minimum Gasteiger partial charge on any atom is -0.208 e. The second-order valence-corrected chi connectivity index (χ2v) is 2.94. The fourth-order valence-electron chi connectivity index (χ4n) is 1.12. The van der Waals surface area contributed by atoms with Crippen molar-refractivity contribution in [2.45, 2.75) is 6.92 Å². The van der Waals surface area contributed by atoms with Gasteiger partial charge in [0.05, 0.1) is 6.21 Å². The van der Waals surface area contributed by atoms with Crippen molar-refractivity contribution < 1.29 is 0 Å². The standard InChI is InChI=1S/C10H10N4/c1-9-4-2-3-5-10(9)6-13-14-7-11-12-8-14/h2-8H,1H3/b13-6+. The molecule has 0 atom stereocenters. The van der Waals surface area contributed by atoms with Crippen LogP contribution in [0.25, 0.3) is 0 Å². The van der Waals surface area contributed by atoms with Gasteiger partial charge in [-0.3, -0.25) is 0 Å². The van der Waals surface area contributed by atoms with Gasteiger partial charge >= 0.3 is 0 Å². The van der Waals surface area contributed by atoms with Crippen molar-refractivity contribution in [3.05, 3.63) is 48.0 Å². The molecule has 0 spiro atoms. The Morgan fingerprint density at radius 1 is 1.21 bits per heavy atom. The maximum Gasteiger partial charge on any atom is 0.141 e. The third kappa shape index (κ3) is 1.85. The summed E-state index contributed by atoms with van der Waals surface area (Å²) in [5.74, 6) is 0. The highest BCUT2D eigenvalue weighted by molar-refractivity contribution is 5.81. The van der Waals surface area contributed by atoms with Gasteiger partial charge in [0.25, 0.3) is 0 Å². The van der Waals surface area contributed by atoms with Crippen molar-refractivity contribution in [3.8, 4) is 0 Å². The monoisotopic (exact) mass is 186 g/mol. The van der Waals surface area contributed by atoms with Crippen LogP contribution in [-0.4, -0.2) is 21.1 Å². The van der Waals surface area contributed by atoms with E-state index in [4.69, 9.17) is 0 Å². The third-order valence-corrected chi connectivity index (χ3v) is 1.93. The van der Waals surface area contributed by atoms with Gasteiger partial charge in [-0.05, 0) is 18.1 Å². The molecule has 0 saturated carbocycles. The fraction of sp³-hybridized carbons (Fsp3) is 0.100. The van der Waals surface area contributed by atoms with Crippen LogP contribution in [0, 0.1) is 6.92 Å². The maximum atomic E-state index is 4.16. The van der Waals surface area contributed by atoms with Gasteiger partial charge in [0, 0.05) is 0 Å². The summed E-state index contributed by atoms with van der Waals surface area (Å²) in [6.07, 6.45) is 4.89. The topological polar surface area (TPSA) is 43.1 Å². The molecule has 0 unspecified atom stereocenters. The smallest absolute Gasteiger partial charge is 0.141 e. The van der Waals surface area contributed by atoms with Gasteiger partial charge in [-0.15, -0.1) is 10.2 Å². The number of hydrogen-bond donors (Lipinski definition) is 0. The third-order valence-electron chi connectivity index (χ3n) is 1.93. The van der Waals surface area contributed by atoms with E-state index in [1.807, 2.05) is 31.2 Å². The summed E-state index contributed by atoms with van der Waals surface area (Å²) in [6, 6.07) is 8.06. The molecule has 0 fully saturated rings. The first-order valence-electron chi connectivity index (χ1n) is 4.31. The average Bonchev–Trinajstić information content (AvgIpc) is 2.69. The van der Waals surface area contributed by atoms with Crippen molar-refractivity contribution in [2.75, 3.05) is 0 Å². The molecule has 0 amide bonds. The second kappa shape index (κ2) is 3.83. The lowest BCUT2D eigenvalue weighted by Crippen LogP contribution is -1.89. The van der Waals surface area contributed by atoms with E-state index >= 15 is 0 Å². The molecule has 2 aromatic rings. The van der Waals surface area contributed by atoms with Crippen LogP contribution in [0.1, 0.15) is 11.1 Å². The molecule has 1 heterocycles. The molecule has 0 aliphatic heterocycles. The summed E-state index contributed by atoms with van der Waals surface area (Å²) in [7, 11) is 0. The quantitative estimate of drug-likeness (QED) is 0.666. The largest absolute Gasteiger partial charge is 0.208 e. The number of benzene rings is 1. The normalized spacial score (nSPS) is 10.9. The first kappa shape index (κ1) is 8.62. The Labute approximate surface area is 81.9 Å². The molecular weight excluding hydrogens is 176 g/mol. The Balaban J connectivity index is 2.23. The van der Waals surface area contributed by atoms with Gasteiger partial charge < -0.3 is 0 Å². The molecule has 0 saturated heterocycles. The Kier molecular flexibility index (Phi) is 2.36. The van der Waals surface area contributed by atoms with Gasteiger partial charge in [-0.25, -0.2) is 4.68 Å². The summed E-state index contributed by atoms with van der Waals surface area (Å²) in [4.78, 5) is 0. The number of hydrogen-bond acceptors (Lipinski definition) is 3. The molecule has 0 aliphatic carbocycles.